The van der Waals surface area contributed by atoms with Crippen molar-refractivity contribution >= 4 is 11.9 Å². The molecule has 0 fully saturated rings. The second-order valence-electron chi connectivity index (χ2n) is 3.49. The third-order valence-corrected chi connectivity index (χ3v) is 2.09. The molecule has 76 valence electrons. The van der Waals surface area contributed by atoms with Crippen LogP contribution >= 0.6 is 0 Å². The molecular formula is C9H14Na2O4. The molecule has 0 unspecified atom stereocenters. The van der Waals surface area contributed by atoms with E-state index in [-0.39, 0.29) is 83.8 Å². The third-order valence-electron chi connectivity index (χ3n) is 2.09. The molecule has 0 aromatic carbocycles. The Labute approximate surface area is 134 Å². The van der Waals surface area contributed by atoms with Crippen LogP contribution in [0.15, 0.2) is 0 Å². The van der Waals surface area contributed by atoms with Crippen LogP contribution in [-0.4, -0.2) is 11.9 Å². The molecule has 4 nitrogen and oxygen atoms in total. The van der Waals surface area contributed by atoms with Crippen LogP contribution < -0.4 is 69.3 Å². The van der Waals surface area contributed by atoms with Gasteiger partial charge in [0.05, 0.1) is 0 Å². The minimum absolute atomic E-state index is 0. The first-order chi connectivity index (χ1) is 5.93. The van der Waals surface area contributed by atoms with Gasteiger partial charge in [-0.05, 0) is 31.1 Å². The van der Waals surface area contributed by atoms with Crippen LogP contribution in [0.2, 0.25) is 0 Å². The molecule has 0 aromatic rings. The fourth-order valence-corrected chi connectivity index (χ4v) is 1.19. The molecule has 0 aliphatic carbocycles. The molecular weight excluding hydrogens is 218 g/mol. The van der Waals surface area contributed by atoms with E-state index in [0.29, 0.717) is 6.42 Å². The number of carboxylic acid groups (broad SMARTS) is 2. The Hall–Kier alpha value is 0.940. The second kappa shape index (κ2) is 11.4. The first kappa shape index (κ1) is 21.2. The Balaban J connectivity index is -0.000000720. The van der Waals surface area contributed by atoms with Gasteiger partial charge in [0.1, 0.15) is 0 Å². The van der Waals surface area contributed by atoms with Crippen molar-refractivity contribution in [3.8, 4) is 0 Å². The molecule has 0 saturated carbocycles. The Kier molecular flexibility index (Phi) is 16.2. The minimum atomic E-state index is -1.14. The molecule has 0 heterocycles. The van der Waals surface area contributed by atoms with Crippen LogP contribution in [0, 0.1) is 11.8 Å². The van der Waals surface area contributed by atoms with Crippen LogP contribution in [0.4, 0.5) is 0 Å². The summed E-state index contributed by atoms with van der Waals surface area (Å²) in [5, 5.41) is 20.4. The van der Waals surface area contributed by atoms with Gasteiger partial charge in [0.2, 0.25) is 0 Å². The Morgan fingerprint density at radius 1 is 1.07 bits per heavy atom. The predicted octanol–water partition coefficient (Wildman–Crippen LogP) is -7.06. The molecule has 0 aromatic heterocycles. The topological polar surface area (TPSA) is 80.3 Å². The number of carboxylic acids is 2. The summed E-state index contributed by atoms with van der Waals surface area (Å²) in [7, 11) is 0. The number of hydrogen-bond donors (Lipinski definition) is 0. The van der Waals surface area contributed by atoms with E-state index in [1.54, 1.807) is 0 Å². The van der Waals surface area contributed by atoms with Crippen molar-refractivity contribution in [3.63, 3.8) is 0 Å². The molecule has 0 aliphatic rings. The number of hydrogen-bond acceptors (Lipinski definition) is 4. The molecule has 1 atom stereocenters. The molecule has 0 saturated heterocycles. The summed E-state index contributed by atoms with van der Waals surface area (Å²) in [6, 6.07) is 0. The molecule has 0 N–H and O–H groups in total. The minimum Gasteiger partial charge on any atom is -0.550 e. The first-order valence-corrected chi connectivity index (χ1v) is 4.33. The van der Waals surface area contributed by atoms with Crippen LogP contribution in [0.3, 0.4) is 0 Å². The maximum Gasteiger partial charge on any atom is 1.00 e. The summed E-state index contributed by atoms with van der Waals surface area (Å²) in [6.45, 7) is 3.73. The van der Waals surface area contributed by atoms with E-state index < -0.39 is 11.9 Å². The van der Waals surface area contributed by atoms with E-state index in [1.807, 2.05) is 13.8 Å². The van der Waals surface area contributed by atoms with E-state index in [9.17, 15) is 19.8 Å². The normalized spacial score (nSPS) is 11.1. The fraction of sp³-hybridized carbons (Fsp3) is 0.778. The zero-order valence-electron chi connectivity index (χ0n) is 9.91. The maximum atomic E-state index is 10.3. The number of aliphatic carboxylic acids is 2. The monoisotopic (exact) mass is 232 g/mol. The summed E-state index contributed by atoms with van der Waals surface area (Å²) < 4.78 is 0. The van der Waals surface area contributed by atoms with Crippen molar-refractivity contribution in [1.29, 1.82) is 0 Å². The van der Waals surface area contributed by atoms with Gasteiger partial charge in [0.15, 0.2) is 0 Å². The third kappa shape index (κ3) is 12.9. The van der Waals surface area contributed by atoms with Crippen molar-refractivity contribution in [2.24, 2.45) is 11.8 Å². The molecule has 0 radical (unpaired) electrons. The molecule has 0 spiro atoms. The second-order valence-corrected chi connectivity index (χ2v) is 3.49. The average Bonchev–Trinajstić information content (AvgIpc) is 1.96. The zero-order chi connectivity index (χ0) is 10.4. The predicted molar refractivity (Wildman–Crippen MR) is 42.2 cm³/mol. The Morgan fingerprint density at radius 2 is 1.53 bits per heavy atom. The maximum absolute atomic E-state index is 10.3. The molecule has 0 bridgehead atoms. The van der Waals surface area contributed by atoms with E-state index in [2.05, 4.69) is 0 Å². The molecule has 0 aliphatic heterocycles. The van der Waals surface area contributed by atoms with Gasteiger partial charge in [-0.2, -0.15) is 0 Å². The van der Waals surface area contributed by atoms with Gasteiger partial charge in [-0.15, -0.1) is 0 Å². The van der Waals surface area contributed by atoms with Gasteiger partial charge >= 0.3 is 59.1 Å². The van der Waals surface area contributed by atoms with Crippen molar-refractivity contribution in [1.82, 2.24) is 0 Å². The summed E-state index contributed by atoms with van der Waals surface area (Å²) in [6.07, 6.45) is 0.176. The van der Waals surface area contributed by atoms with Crippen LogP contribution in [0.1, 0.15) is 33.1 Å². The quantitative estimate of drug-likeness (QED) is 0.426. The van der Waals surface area contributed by atoms with E-state index in [1.165, 1.54) is 0 Å². The van der Waals surface area contributed by atoms with Gasteiger partial charge in [-0.1, -0.05) is 13.8 Å². The van der Waals surface area contributed by atoms with Crippen LogP contribution in [0.25, 0.3) is 0 Å². The molecule has 15 heavy (non-hydrogen) atoms. The number of carbonyl (C=O) groups is 2. The fourth-order valence-electron chi connectivity index (χ4n) is 1.19. The Bertz CT molecular complexity index is 195. The standard InChI is InChI=1S/C9H16O4.2Na/c1-6(2)7(5-9(12)13)3-4-8(10)11;;/h6-7H,3-5H2,1-2H3,(H,10,11)(H,12,13);;/q;2*+1/p-2/t7-;;/m0../s1. The van der Waals surface area contributed by atoms with Crippen molar-refractivity contribution in [3.05, 3.63) is 0 Å². The van der Waals surface area contributed by atoms with E-state index >= 15 is 0 Å². The smallest absolute Gasteiger partial charge is 0.550 e. The van der Waals surface area contributed by atoms with Gasteiger partial charge in [0, 0.05) is 11.9 Å². The SMILES string of the molecule is CC(C)[C@@H](CCC(=O)[O-])CC(=O)[O-].[Na+].[Na+]. The summed E-state index contributed by atoms with van der Waals surface area (Å²) in [4.78, 5) is 20.4. The summed E-state index contributed by atoms with van der Waals surface area (Å²) >= 11 is 0. The molecule has 0 amide bonds. The molecule has 0 rings (SSSR count). The summed E-state index contributed by atoms with van der Waals surface area (Å²) in [5.74, 6) is -2.25. The van der Waals surface area contributed by atoms with Crippen LogP contribution in [0.5, 0.6) is 0 Å². The first-order valence-electron chi connectivity index (χ1n) is 4.33. The zero-order valence-corrected chi connectivity index (χ0v) is 13.9. The van der Waals surface area contributed by atoms with Crippen molar-refractivity contribution < 1.29 is 78.9 Å². The van der Waals surface area contributed by atoms with Gasteiger partial charge in [-0.3, -0.25) is 0 Å². The average molecular weight is 232 g/mol. The van der Waals surface area contributed by atoms with Crippen molar-refractivity contribution in [2.45, 2.75) is 33.1 Å². The number of carbonyl (C=O) groups excluding carboxylic acids is 2. The number of rotatable bonds is 6. The Morgan fingerprint density at radius 3 is 1.80 bits per heavy atom. The van der Waals surface area contributed by atoms with E-state index in [4.69, 9.17) is 0 Å². The van der Waals surface area contributed by atoms with Gasteiger partial charge in [0.25, 0.3) is 0 Å². The van der Waals surface area contributed by atoms with Crippen LogP contribution in [-0.2, 0) is 9.59 Å². The van der Waals surface area contributed by atoms with E-state index in [0.717, 1.165) is 0 Å². The molecule has 6 heteroatoms. The van der Waals surface area contributed by atoms with Gasteiger partial charge < -0.3 is 19.8 Å². The van der Waals surface area contributed by atoms with Gasteiger partial charge in [-0.25, -0.2) is 0 Å². The largest absolute Gasteiger partial charge is 1.00 e. The summed E-state index contributed by atoms with van der Waals surface area (Å²) in [5.41, 5.74) is 0. The van der Waals surface area contributed by atoms with Crippen molar-refractivity contribution in [2.75, 3.05) is 0 Å².